The molecule has 0 spiro atoms. The Hall–Kier alpha value is -2.05. The summed E-state index contributed by atoms with van der Waals surface area (Å²) in [6.45, 7) is 6.36. The lowest BCUT2D eigenvalue weighted by atomic mass is 9.93. The van der Waals surface area contributed by atoms with Crippen LogP contribution in [0, 0.1) is 19.8 Å². The van der Waals surface area contributed by atoms with Crippen LogP contribution in [0.5, 0.6) is 0 Å². The van der Waals surface area contributed by atoms with Crippen molar-refractivity contribution in [1.82, 2.24) is 20.7 Å². The second-order valence-corrected chi connectivity index (χ2v) is 6.01. The number of aliphatic imine (C=N–C) groups is 1. The molecule has 1 amide bonds. The van der Waals surface area contributed by atoms with Gasteiger partial charge in [0.2, 0.25) is 5.91 Å². The summed E-state index contributed by atoms with van der Waals surface area (Å²) in [4.78, 5) is 18.1. The van der Waals surface area contributed by atoms with Gasteiger partial charge in [-0.15, -0.1) is 0 Å². The van der Waals surface area contributed by atoms with E-state index in [-0.39, 0.29) is 5.91 Å². The second kappa shape index (κ2) is 7.99. The molecule has 1 aromatic heterocycles. The molecule has 0 saturated carbocycles. The first-order valence-corrected chi connectivity index (χ1v) is 8.13. The standard InChI is InChI=1S/C16H27N5O2/c1-11-14(12(2)23-20-11)10-19-16(18-4)21-7-5-13(6-8-21)9-15(22)17-3/h13H,5-10H2,1-4H3,(H,17,22)(H,18,19). The Balaban J connectivity index is 1.85. The average Bonchev–Trinajstić information content (AvgIpc) is 2.88. The van der Waals surface area contributed by atoms with E-state index in [4.69, 9.17) is 4.52 Å². The third kappa shape index (κ3) is 4.46. The molecule has 23 heavy (non-hydrogen) atoms. The number of aryl methyl sites for hydroxylation is 2. The Kier molecular flexibility index (Phi) is 6.01. The molecule has 2 rings (SSSR count). The third-order valence-corrected chi connectivity index (χ3v) is 4.48. The number of likely N-dealkylation sites (tertiary alicyclic amines) is 1. The maximum absolute atomic E-state index is 11.5. The van der Waals surface area contributed by atoms with E-state index in [0.29, 0.717) is 18.9 Å². The molecule has 1 saturated heterocycles. The van der Waals surface area contributed by atoms with Gasteiger partial charge in [-0.25, -0.2) is 0 Å². The molecule has 7 heteroatoms. The first-order valence-electron chi connectivity index (χ1n) is 8.13. The van der Waals surface area contributed by atoms with Crippen molar-refractivity contribution in [3.8, 4) is 0 Å². The van der Waals surface area contributed by atoms with E-state index in [0.717, 1.165) is 48.9 Å². The van der Waals surface area contributed by atoms with Gasteiger partial charge in [-0.05, 0) is 32.6 Å². The molecule has 2 N–H and O–H groups in total. The van der Waals surface area contributed by atoms with Crippen molar-refractivity contribution < 1.29 is 9.32 Å². The summed E-state index contributed by atoms with van der Waals surface area (Å²) in [5.41, 5.74) is 2.00. The quantitative estimate of drug-likeness (QED) is 0.643. The zero-order chi connectivity index (χ0) is 16.8. The van der Waals surface area contributed by atoms with Gasteiger partial charge in [0.1, 0.15) is 5.76 Å². The van der Waals surface area contributed by atoms with Gasteiger partial charge in [0.25, 0.3) is 0 Å². The van der Waals surface area contributed by atoms with Crippen molar-refractivity contribution in [3.05, 3.63) is 17.0 Å². The van der Waals surface area contributed by atoms with Crippen molar-refractivity contribution in [2.45, 2.75) is 39.7 Å². The summed E-state index contributed by atoms with van der Waals surface area (Å²) < 4.78 is 5.19. The number of nitrogens with zero attached hydrogens (tertiary/aromatic N) is 3. The lowest BCUT2D eigenvalue weighted by Gasteiger charge is -2.34. The topological polar surface area (TPSA) is 82.8 Å². The predicted octanol–water partition coefficient (Wildman–Crippen LogP) is 1.21. The largest absolute Gasteiger partial charge is 0.361 e. The number of guanidine groups is 1. The van der Waals surface area contributed by atoms with Gasteiger partial charge in [-0.1, -0.05) is 5.16 Å². The fourth-order valence-electron chi connectivity index (χ4n) is 2.97. The summed E-state index contributed by atoms with van der Waals surface area (Å²) >= 11 is 0. The van der Waals surface area contributed by atoms with Gasteiger partial charge in [0.05, 0.1) is 5.69 Å². The highest BCUT2D eigenvalue weighted by Gasteiger charge is 2.23. The van der Waals surface area contributed by atoms with Gasteiger partial charge in [-0.2, -0.15) is 0 Å². The molecule has 2 heterocycles. The van der Waals surface area contributed by atoms with E-state index in [1.54, 1.807) is 14.1 Å². The van der Waals surface area contributed by atoms with Gasteiger partial charge in [0, 0.05) is 45.7 Å². The van der Waals surface area contributed by atoms with Crippen LogP contribution >= 0.6 is 0 Å². The van der Waals surface area contributed by atoms with E-state index in [1.807, 2.05) is 13.8 Å². The van der Waals surface area contributed by atoms with Crippen LogP contribution in [0.2, 0.25) is 0 Å². The minimum Gasteiger partial charge on any atom is -0.361 e. The van der Waals surface area contributed by atoms with Crippen LogP contribution in [0.15, 0.2) is 9.52 Å². The molecule has 0 aliphatic carbocycles. The molecular weight excluding hydrogens is 294 g/mol. The number of rotatable bonds is 4. The highest BCUT2D eigenvalue weighted by atomic mass is 16.5. The van der Waals surface area contributed by atoms with Crippen LogP contribution in [-0.2, 0) is 11.3 Å². The number of carbonyl (C=O) groups is 1. The summed E-state index contributed by atoms with van der Waals surface area (Å²) in [6, 6.07) is 0. The maximum Gasteiger partial charge on any atom is 0.220 e. The van der Waals surface area contributed by atoms with Gasteiger partial charge in [0.15, 0.2) is 5.96 Å². The van der Waals surface area contributed by atoms with E-state index in [9.17, 15) is 4.79 Å². The van der Waals surface area contributed by atoms with Crippen LogP contribution in [0.1, 0.15) is 36.3 Å². The summed E-state index contributed by atoms with van der Waals surface area (Å²) in [5.74, 6) is 2.33. The fraction of sp³-hybridized carbons (Fsp3) is 0.688. The summed E-state index contributed by atoms with van der Waals surface area (Å²) in [6.07, 6.45) is 2.65. The lowest BCUT2D eigenvalue weighted by molar-refractivity contribution is -0.121. The molecule has 1 aromatic rings. The molecule has 0 aromatic carbocycles. The van der Waals surface area contributed by atoms with E-state index >= 15 is 0 Å². The number of amides is 1. The highest BCUT2D eigenvalue weighted by molar-refractivity contribution is 5.80. The van der Waals surface area contributed by atoms with Crippen molar-refractivity contribution in [3.63, 3.8) is 0 Å². The Labute approximate surface area is 137 Å². The molecule has 0 radical (unpaired) electrons. The van der Waals surface area contributed by atoms with Gasteiger partial charge < -0.3 is 20.1 Å². The average molecular weight is 321 g/mol. The summed E-state index contributed by atoms with van der Waals surface area (Å²) in [7, 11) is 3.49. The zero-order valence-corrected chi connectivity index (χ0v) is 14.5. The minimum absolute atomic E-state index is 0.129. The van der Waals surface area contributed by atoms with Crippen LogP contribution < -0.4 is 10.6 Å². The number of nitrogens with one attached hydrogen (secondary N) is 2. The number of aromatic nitrogens is 1. The smallest absolute Gasteiger partial charge is 0.220 e. The Morgan fingerprint density at radius 2 is 2.09 bits per heavy atom. The number of carbonyl (C=O) groups excluding carboxylic acids is 1. The lowest BCUT2D eigenvalue weighted by Crippen LogP contribution is -2.45. The maximum atomic E-state index is 11.5. The molecule has 0 atom stereocenters. The van der Waals surface area contributed by atoms with Crippen molar-refractivity contribution in [2.75, 3.05) is 27.2 Å². The first kappa shape index (κ1) is 17.3. The Morgan fingerprint density at radius 1 is 1.39 bits per heavy atom. The number of hydrogen-bond acceptors (Lipinski definition) is 4. The van der Waals surface area contributed by atoms with Crippen LogP contribution in [0.4, 0.5) is 0 Å². The van der Waals surface area contributed by atoms with E-state index in [2.05, 4.69) is 25.7 Å². The highest BCUT2D eigenvalue weighted by Crippen LogP contribution is 2.20. The molecule has 0 bridgehead atoms. The fourth-order valence-corrected chi connectivity index (χ4v) is 2.97. The van der Waals surface area contributed by atoms with Gasteiger partial charge >= 0.3 is 0 Å². The normalized spacial score (nSPS) is 16.5. The molecule has 1 aliphatic heterocycles. The molecule has 128 valence electrons. The van der Waals surface area contributed by atoms with Crippen molar-refractivity contribution in [1.29, 1.82) is 0 Å². The number of hydrogen-bond donors (Lipinski definition) is 2. The van der Waals surface area contributed by atoms with Gasteiger partial charge in [-0.3, -0.25) is 9.79 Å². The van der Waals surface area contributed by atoms with E-state index in [1.165, 1.54) is 0 Å². The second-order valence-electron chi connectivity index (χ2n) is 6.01. The molecular formula is C16H27N5O2. The van der Waals surface area contributed by atoms with E-state index < -0.39 is 0 Å². The minimum atomic E-state index is 0.129. The number of piperidine rings is 1. The molecule has 1 aliphatic rings. The first-order chi connectivity index (χ1) is 11.0. The van der Waals surface area contributed by atoms with Crippen molar-refractivity contribution >= 4 is 11.9 Å². The Bertz CT molecular complexity index is 539. The predicted molar refractivity (Wildman–Crippen MR) is 89.2 cm³/mol. The third-order valence-electron chi connectivity index (χ3n) is 4.48. The Morgan fingerprint density at radius 3 is 2.61 bits per heavy atom. The van der Waals surface area contributed by atoms with Crippen LogP contribution in [0.3, 0.4) is 0 Å². The SMILES string of the molecule is CN=C(NCc1c(C)noc1C)N1CCC(CC(=O)NC)CC1. The molecule has 1 fully saturated rings. The molecule has 7 nitrogen and oxygen atoms in total. The van der Waals surface area contributed by atoms with Crippen LogP contribution in [-0.4, -0.2) is 49.1 Å². The monoisotopic (exact) mass is 321 g/mol. The summed E-state index contributed by atoms with van der Waals surface area (Å²) in [5, 5.41) is 10.1. The molecule has 0 unspecified atom stereocenters. The van der Waals surface area contributed by atoms with Crippen molar-refractivity contribution in [2.24, 2.45) is 10.9 Å². The zero-order valence-electron chi connectivity index (χ0n) is 14.5. The van der Waals surface area contributed by atoms with Crippen LogP contribution in [0.25, 0.3) is 0 Å².